The van der Waals surface area contributed by atoms with E-state index < -0.39 is 0 Å². The van der Waals surface area contributed by atoms with E-state index in [4.69, 9.17) is 4.74 Å². The maximum absolute atomic E-state index is 12.3. The molecule has 0 spiro atoms. The topological polar surface area (TPSA) is 71.5 Å². The largest absolute Gasteiger partial charge is 0.478 e. The van der Waals surface area contributed by atoms with Crippen LogP contribution in [-0.2, 0) is 0 Å². The number of pyridine rings is 1. The summed E-state index contributed by atoms with van der Waals surface area (Å²) in [4.78, 5) is 30.2. The number of anilines is 1. The Bertz CT molecular complexity index is 558. The summed E-state index contributed by atoms with van der Waals surface area (Å²) in [6.07, 6.45) is 1.21. The quantitative estimate of drug-likeness (QED) is 0.907. The molecule has 1 aromatic rings. The third-order valence-corrected chi connectivity index (χ3v) is 3.50. The fourth-order valence-electron chi connectivity index (χ4n) is 2.31. The van der Waals surface area contributed by atoms with Crippen LogP contribution in [0.1, 0.15) is 44.1 Å². The minimum Gasteiger partial charge on any atom is -0.478 e. The second-order valence-corrected chi connectivity index (χ2v) is 5.69. The molecule has 0 aromatic carbocycles. The Labute approximate surface area is 130 Å². The maximum Gasteiger partial charge on any atom is 0.321 e. The summed E-state index contributed by atoms with van der Waals surface area (Å²) in [5.74, 6) is 0.894. The van der Waals surface area contributed by atoms with Crippen molar-refractivity contribution in [1.82, 2.24) is 10.3 Å². The third-order valence-electron chi connectivity index (χ3n) is 3.50. The number of Topliss-reactive ketones (excluding diaryl/α,β-unsaturated/α-hetero) is 1. The summed E-state index contributed by atoms with van der Waals surface area (Å²) in [5, 5.41) is 2.90. The SMILES string of the molecule is CCOc1ccc2c(n1)C(=O)CCN2C(=O)NCCC(C)C. The van der Waals surface area contributed by atoms with Gasteiger partial charge in [-0.25, -0.2) is 9.78 Å². The van der Waals surface area contributed by atoms with Gasteiger partial charge in [-0.1, -0.05) is 13.8 Å². The highest BCUT2D eigenvalue weighted by Gasteiger charge is 2.28. The van der Waals surface area contributed by atoms with Crippen LogP contribution in [0.5, 0.6) is 5.88 Å². The average Bonchev–Trinajstić information content (AvgIpc) is 2.48. The van der Waals surface area contributed by atoms with Gasteiger partial charge in [0.05, 0.1) is 12.3 Å². The number of carbonyl (C=O) groups excluding carboxylic acids is 2. The van der Waals surface area contributed by atoms with Crippen molar-refractivity contribution < 1.29 is 14.3 Å². The van der Waals surface area contributed by atoms with Crippen LogP contribution in [0.15, 0.2) is 12.1 Å². The first-order valence-electron chi connectivity index (χ1n) is 7.75. The van der Waals surface area contributed by atoms with Gasteiger partial charge in [-0.2, -0.15) is 0 Å². The van der Waals surface area contributed by atoms with E-state index in [1.54, 1.807) is 17.0 Å². The molecule has 6 nitrogen and oxygen atoms in total. The number of amides is 2. The second-order valence-electron chi connectivity index (χ2n) is 5.69. The molecule has 0 fully saturated rings. The zero-order valence-electron chi connectivity index (χ0n) is 13.4. The van der Waals surface area contributed by atoms with Crippen molar-refractivity contribution in [1.29, 1.82) is 0 Å². The molecule has 2 heterocycles. The molecular formula is C16H23N3O3. The van der Waals surface area contributed by atoms with E-state index in [2.05, 4.69) is 24.1 Å². The normalized spacial score (nSPS) is 14.0. The van der Waals surface area contributed by atoms with Crippen LogP contribution in [-0.4, -0.2) is 36.5 Å². The number of aromatic nitrogens is 1. The molecule has 6 heteroatoms. The third kappa shape index (κ3) is 3.75. The van der Waals surface area contributed by atoms with Crippen molar-refractivity contribution >= 4 is 17.5 Å². The molecule has 2 rings (SSSR count). The number of carbonyl (C=O) groups is 2. The summed E-state index contributed by atoms with van der Waals surface area (Å²) in [7, 11) is 0. The van der Waals surface area contributed by atoms with E-state index in [-0.39, 0.29) is 18.2 Å². The molecule has 1 aliphatic rings. The highest BCUT2D eigenvalue weighted by atomic mass is 16.5. The summed E-state index contributed by atoms with van der Waals surface area (Å²) < 4.78 is 5.32. The van der Waals surface area contributed by atoms with E-state index in [1.807, 2.05) is 6.92 Å². The lowest BCUT2D eigenvalue weighted by Crippen LogP contribution is -2.44. The zero-order chi connectivity index (χ0) is 16.1. The molecular weight excluding hydrogens is 282 g/mol. The summed E-state index contributed by atoms with van der Waals surface area (Å²) in [6.45, 7) is 7.58. The Balaban J connectivity index is 2.14. The number of fused-ring (bicyclic) bond motifs is 1. The number of hydrogen-bond donors (Lipinski definition) is 1. The Morgan fingerprint density at radius 1 is 1.45 bits per heavy atom. The number of hydrogen-bond acceptors (Lipinski definition) is 4. The fraction of sp³-hybridized carbons (Fsp3) is 0.562. The molecule has 1 aliphatic heterocycles. The van der Waals surface area contributed by atoms with E-state index in [0.717, 1.165) is 6.42 Å². The molecule has 0 atom stereocenters. The number of nitrogens with one attached hydrogen (secondary N) is 1. The zero-order valence-corrected chi connectivity index (χ0v) is 13.4. The number of ether oxygens (including phenoxy) is 1. The van der Waals surface area contributed by atoms with Crippen LogP contribution in [0.4, 0.5) is 10.5 Å². The van der Waals surface area contributed by atoms with Crippen molar-refractivity contribution in [2.45, 2.75) is 33.6 Å². The van der Waals surface area contributed by atoms with Gasteiger partial charge in [0.25, 0.3) is 0 Å². The molecule has 0 saturated heterocycles. The van der Waals surface area contributed by atoms with Crippen LogP contribution < -0.4 is 15.0 Å². The lowest BCUT2D eigenvalue weighted by molar-refractivity contribution is 0.0974. The van der Waals surface area contributed by atoms with Crippen molar-refractivity contribution in [2.24, 2.45) is 5.92 Å². The fourth-order valence-corrected chi connectivity index (χ4v) is 2.31. The first kappa shape index (κ1) is 16.3. The van der Waals surface area contributed by atoms with Crippen LogP contribution in [0.25, 0.3) is 0 Å². The van der Waals surface area contributed by atoms with Gasteiger partial charge in [-0.05, 0) is 25.3 Å². The van der Waals surface area contributed by atoms with Crippen molar-refractivity contribution in [3.05, 3.63) is 17.8 Å². The van der Waals surface area contributed by atoms with Crippen LogP contribution in [0.3, 0.4) is 0 Å². The van der Waals surface area contributed by atoms with Gasteiger partial charge in [0.2, 0.25) is 5.88 Å². The predicted molar refractivity (Wildman–Crippen MR) is 84.6 cm³/mol. The first-order chi connectivity index (χ1) is 10.5. The van der Waals surface area contributed by atoms with Crippen molar-refractivity contribution in [2.75, 3.05) is 24.6 Å². The van der Waals surface area contributed by atoms with Gasteiger partial charge in [0.15, 0.2) is 5.78 Å². The van der Waals surface area contributed by atoms with Crippen molar-refractivity contribution in [3.8, 4) is 5.88 Å². The lowest BCUT2D eigenvalue weighted by atomic mass is 10.1. The number of ketones is 1. The molecule has 1 aromatic heterocycles. The number of nitrogens with zero attached hydrogens (tertiary/aromatic N) is 2. The monoisotopic (exact) mass is 305 g/mol. The summed E-state index contributed by atoms with van der Waals surface area (Å²) >= 11 is 0. The summed E-state index contributed by atoms with van der Waals surface area (Å²) in [5.41, 5.74) is 0.873. The Morgan fingerprint density at radius 3 is 2.91 bits per heavy atom. The minimum atomic E-state index is -0.180. The van der Waals surface area contributed by atoms with Gasteiger partial charge >= 0.3 is 6.03 Å². The van der Waals surface area contributed by atoms with Gasteiger partial charge in [0, 0.05) is 25.6 Å². The minimum absolute atomic E-state index is 0.0530. The van der Waals surface area contributed by atoms with Crippen LogP contribution in [0, 0.1) is 5.92 Å². The molecule has 0 bridgehead atoms. The molecule has 1 N–H and O–H groups in total. The molecule has 0 radical (unpaired) electrons. The highest BCUT2D eigenvalue weighted by Crippen LogP contribution is 2.27. The van der Waals surface area contributed by atoms with E-state index in [9.17, 15) is 9.59 Å². The smallest absolute Gasteiger partial charge is 0.321 e. The van der Waals surface area contributed by atoms with Crippen LogP contribution in [0.2, 0.25) is 0 Å². The molecule has 120 valence electrons. The van der Waals surface area contributed by atoms with E-state index >= 15 is 0 Å². The Kier molecular flexibility index (Phi) is 5.35. The Morgan fingerprint density at radius 2 is 2.23 bits per heavy atom. The standard InChI is InChI=1S/C16H23N3O3/c1-4-22-14-6-5-12-15(18-14)13(20)8-10-19(12)16(21)17-9-7-11(2)3/h5-6,11H,4,7-10H2,1-3H3,(H,17,21). The molecule has 22 heavy (non-hydrogen) atoms. The van der Waals surface area contributed by atoms with E-state index in [0.29, 0.717) is 42.9 Å². The maximum atomic E-state index is 12.3. The molecule has 0 unspecified atom stereocenters. The van der Waals surface area contributed by atoms with Crippen molar-refractivity contribution in [3.63, 3.8) is 0 Å². The predicted octanol–water partition coefficient (Wildman–Crippen LogP) is 2.63. The van der Waals surface area contributed by atoms with Gasteiger partial charge in [0.1, 0.15) is 5.69 Å². The van der Waals surface area contributed by atoms with Crippen LogP contribution >= 0.6 is 0 Å². The van der Waals surface area contributed by atoms with Gasteiger partial charge < -0.3 is 10.1 Å². The Hall–Kier alpha value is -2.11. The first-order valence-corrected chi connectivity index (χ1v) is 7.75. The molecule has 2 amide bonds. The lowest BCUT2D eigenvalue weighted by Gasteiger charge is -2.28. The molecule has 0 aliphatic carbocycles. The average molecular weight is 305 g/mol. The second kappa shape index (κ2) is 7.24. The number of rotatable bonds is 5. The van der Waals surface area contributed by atoms with Gasteiger partial charge in [-0.3, -0.25) is 9.69 Å². The summed E-state index contributed by atoms with van der Waals surface area (Å²) in [6, 6.07) is 3.24. The molecule has 0 saturated carbocycles. The van der Waals surface area contributed by atoms with E-state index in [1.165, 1.54) is 0 Å². The highest BCUT2D eigenvalue weighted by molar-refractivity contribution is 6.07. The van der Waals surface area contributed by atoms with Gasteiger partial charge in [-0.15, -0.1) is 0 Å². The number of urea groups is 1.